The van der Waals surface area contributed by atoms with Crippen LogP contribution in [0.2, 0.25) is 0 Å². The standard InChI is InChI=1S/C19H18BrNO3/c1-12-10-14(20)8-9-16(12)21(3)18(23)19(2)11-13-6-4-5-7-15(13)17(22)24-19/h4-10H,11H2,1-3H3. The van der Waals surface area contributed by atoms with Gasteiger partial charge in [-0.05, 0) is 49.2 Å². The molecule has 1 amide bonds. The Hall–Kier alpha value is -2.14. The molecule has 1 heterocycles. The van der Waals surface area contributed by atoms with Crippen LogP contribution in [0.1, 0.15) is 28.4 Å². The second-order valence-electron chi connectivity index (χ2n) is 6.25. The number of amides is 1. The maximum absolute atomic E-state index is 13.0. The fourth-order valence-electron chi connectivity index (χ4n) is 3.11. The molecule has 124 valence electrons. The molecule has 1 unspecified atom stereocenters. The fourth-order valence-corrected chi connectivity index (χ4v) is 3.59. The van der Waals surface area contributed by atoms with Gasteiger partial charge in [-0.25, -0.2) is 4.79 Å². The van der Waals surface area contributed by atoms with E-state index < -0.39 is 11.6 Å². The maximum atomic E-state index is 13.0. The molecular formula is C19H18BrNO3. The minimum Gasteiger partial charge on any atom is -0.445 e. The summed E-state index contributed by atoms with van der Waals surface area (Å²) in [5.41, 5.74) is 1.92. The lowest BCUT2D eigenvalue weighted by Crippen LogP contribution is -2.52. The Balaban J connectivity index is 1.93. The summed E-state index contributed by atoms with van der Waals surface area (Å²) >= 11 is 3.42. The van der Waals surface area contributed by atoms with Gasteiger partial charge in [0.1, 0.15) is 0 Å². The number of halogens is 1. The van der Waals surface area contributed by atoms with E-state index in [9.17, 15) is 9.59 Å². The molecule has 0 saturated carbocycles. The summed E-state index contributed by atoms with van der Waals surface area (Å²) in [5, 5.41) is 0. The summed E-state index contributed by atoms with van der Waals surface area (Å²) in [4.78, 5) is 26.9. The predicted octanol–water partition coefficient (Wildman–Crippen LogP) is 3.89. The van der Waals surface area contributed by atoms with E-state index in [0.29, 0.717) is 12.0 Å². The third-order valence-corrected chi connectivity index (χ3v) is 4.85. The third kappa shape index (κ3) is 2.84. The fraction of sp³-hybridized carbons (Fsp3) is 0.263. The second-order valence-corrected chi connectivity index (χ2v) is 7.16. The molecule has 0 radical (unpaired) electrons. The molecule has 2 aromatic carbocycles. The van der Waals surface area contributed by atoms with Crippen molar-refractivity contribution in [1.29, 1.82) is 0 Å². The lowest BCUT2D eigenvalue weighted by atomic mass is 9.89. The number of esters is 1. The average molecular weight is 388 g/mol. The quantitative estimate of drug-likeness (QED) is 0.734. The van der Waals surface area contributed by atoms with Gasteiger partial charge in [0.15, 0.2) is 5.60 Å². The Morgan fingerprint density at radius 1 is 1.25 bits per heavy atom. The Morgan fingerprint density at radius 2 is 1.96 bits per heavy atom. The summed E-state index contributed by atoms with van der Waals surface area (Å²) in [6, 6.07) is 13.0. The van der Waals surface area contributed by atoms with E-state index in [0.717, 1.165) is 21.3 Å². The number of carbonyl (C=O) groups excluding carboxylic acids is 2. The number of anilines is 1. The van der Waals surface area contributed by atoms with Crippen LogP contribution in [0.4, 0.5) is 5.69 Å². The summed E-state index contributed by atoms with van der Waals surface area (Å²) in [6.45, 7) is 3.61. The van der Waals surface area contributed by atoms with Gasteiger partial charge in [0.05, 0.1) is 5.56 Å². The van der Waals surface area contributed by atoms with Gasteiger partial charge in [0, 0.05) is 23.6 Å². The summed E-state index contributed by atoms with van der Waals surface area (Å²) in [6.07, 6.45) is 0.369. The summed E-state index contributed by atoms with van der Waals surface area (Å²) in [7, 11) is 1.71. The van der Waals surface area contributed by atoms with E-state index in [1.54, 1.807) is 31.0 Å². The summed E-state index contributed by atoms with van der Waals surface area (Å²) < 4.78 is 6.48. The first-order valence-electron chi connectivity index (χ1n) is 7.67. The molecular weight excluding hydrogens is 370 g/mol. The van der Waals surface area contributed by atoms with E-state index >= 15 is 0 Å². The van der Waals surface area contributed by atoms with Crippen LogP contribution in [-0.2, 0) is 16.0 Å². The number of hydrogen-bond donors (Lipinski definition) is 0. The molecule has 0 fully saturated rings. The first-order chi connectivity index (χ1) is 11.3. The minimum absolute atomic E-state index is 0.240. The van der Waals surface area contributed by atoms with Gasteiger partial charge < -0.3 is 9.64 Å². The van der Waals surface area contributed by atoms with Crippen LogP contribution in [0.25, 0.3) is 0 Å². The number of nitrogens with zero attached hydrogens (tertiary/aromatic N) is 1. The molecule has 3 rings (SSSR count). The van der Waals surface area contributed by atoms with Gasteiger partial charge in [0.25, 0.3) is 5.91 Å². The van der Waals surface area contributed by atoms with Gasteiger partial charge in [-0.15, -0.1) is 0 Å². The number of rotatable bonds is 2. The number of benzene rings is 2. The first-order valence-corrected chi connectivity index (χ1v) is 8.47. The highest BCUT2D eigenvalue weighted by Crippen LogP contribution is 2.32. The smallest absolute Gasteiger partial charge is 0.339 e. The zero-order valence-electron chi connectivity index (χ0n) is 13.8. The highest BCUT2D eigenvalue weighted by atomic mass is 79.9. The van der Waals surface area contributed by atoms with Crippen LogP contribution in [-0.4, -0.2) is 24.5 Å². The molecule has 1 aliphatic rings. The van der Waals surface area contributed by atoms with Crippen molar-refractivity contribution in [2.75, 3.05) is 11.9 Å². The van der Waals surface area contributed by atoms with Crippen molar-refractivity contribution in [3.8, 4) is 0 Å². The Kier molecular flexibility index (Phi) is 4.22. The zero-order chi connectivity index (χ0) is 17.5. The topological polar surface area (TPSA) is 46.6 Å². The van der Waals surface area contributed by atoms with Crippen molar-refractivity contribution < 1.29 is 14.3 Å². The van der Waals surface area contributed by atoms with E-state index in [1.165, 1.54) is 0 Å². The van der Waals surface area contributed by atoms with Crippen LogP contribution in [0, 0.1) is 6.92 Å². The number of ether oxygens (including phenoxy) is 1. The van der Waals surface area contributed by atoms with Crippen molar-refractivity contribution in [3.63, 3.8) is 0 Å². The lowest BCUT2D eigenvalue weighted by Gasteiger charge is -2.36. The molecule has 0 spiro atoms. The van der Waals surface area contributed by atoms with E-state index in [4.69, 9.17) is 4.74 Å². The van der Waals surface area contributed by atoms with Gasteiger partial charge in [-0.3, -0.25) is 4.79 Å². The molecule has 0 aromatic heterocycles. The number of cyclic esters (lactones) is 1. The molecule has 0 N–H and O–H groups in total. The molecule has 0 saturated heterocycles. The van der Waals surface area contributed by atoms with Crippen molar-refractivity contribution in [2.45, 2.75) is 25.9 Å². The van der Waals surface area contributed by atoms with E-state index in [2.05, 4.69) is 15.9 Å². The number of aryl methyl sites for hydroxylation is 1. The minimum atomic E-state index is -1.21. The molecule has 0 aliphatic carbocycles. The Bertz CT molecular complexity index is 833. The molecule has 1 aliphatic heterocycles. The number of fused-ring (bicyclic) bond motifs is 1. The zero-order valence-corrected chi connectivity index (χ0v) is 15.4. The maximum Gasteiger partial charge on any atom is 0.339 e. The van der Waals surface area contributed by atoms with Gasteiger partial charge >= 0.3 is 5.97 Å². The van der Waals surface area contributed by atoms with Gasteiger partial charge in [-0.1, -0.05) is 34.1 Å². The van der Waals surface area contributed by atoms with Crippen LogP contribution in [0.3, 0.4) is 0 Å². The highest BCUT2D eigenvalue weighted by molar-refractivity contribution is 9.10. The molecule has 1 atom stereocenters. The predicted molar refractivity (Wildman–Crippen MR) is 96.3 cm³/mol. The van der Waals surface area contributed by atoms with Crippen LogP contribution in [0.5, 0.6) is 0 Å². The highest BCUT2D eigenvalue weighted by Gasteiger charge is 2.44. The van der Waals surface area contributed by atoms with E-state index in [-0.39, 0.29) is 5.91 Å². The van der Waals surface area contributed by atoms with E-state index in [1.807, 2.05) is 37.3 Å². The van der Waals surface area contributed by atoms with Crippen molar-refractivity contribution in [3.05, 3.63) is 63.6 Å². The summed E-state index contributed by atoms with van der Waals surface area (Å²) in [5.74, 6) is -0.690. The number of carbonyl (C=O) groups is 2. The normalized spacial score (nSPS) is 19.4. The lowest BCUT2D eigenvalue weighted by molar-refractivity contribution is -0.136. The average Bonchev–Trinajstić information content (AvgIpc) is 2.53. The monoisotopic (exact) mass is 387 g/mol. The van der Waals surface area contributed by atoms with Crippen LogP contribution < -0.4 is 4.90 Å². The van der Waals surface area contributed by atoms with Crippen molar-refractivity contribution in [2.24, 2.45) is 0 Å². The SMILES string of the molecule is Cc1cc(Br)ccc1N(C)C(=O)C1(C)Cc2ccccc2C(=O)O1. The Labute approximate surface area is 149 Å². The van der Waals surface area contributed by atoms with Gasteiger partial charge in [-0.2, -0.15) is 0 Å². The number of likely N-dealkylation sites (N-methyl/N-ethyl adjacent to an activating group) is 1. The first kappa shape index (κ1) is 16.7. The van der Waals surface area contributed by atoms with Crippen molar-refractivity contribution >= 4 is 33.5 Å². The van der Waals surface area contributed by atoms with Gasteiger partial charge in [0.2, 0.25) is 0 Å². The Morgan fingerprint density at radius 3 is 2.67 bits per heavy atom. The largest absolute Gasteiger partial charge is 0.445 e. The molecule has 0 bridgehead atoms. The van der Waals surface area contributed by atoms with Crippen LogP contribution >= 0.6 is 15.9 Å². The van der Waals surface area contributed by atoms with Crippen LogP contribution in [0.15, 0.2) is 46.9 Å². The van der Waals surface area contributed by atoms with Crippen molar-refractivity contribution in [1.82, 2.24) is 0 Å². The third-order valence-electron chi connectivity index (χ3n) is 4.36. The molecule has 5 heteroatoms. The molecule has 4 nitrogen and oxygen atoms in total. The molecule has 24 heavy (non-hydrogen) atoms. The molecule has 2 aromatic rings. The second kappa shape index (κ2) is 6.06. The number of hydrogen-bond acceptors (Lipinski definition) is 3.